The molecule has 2 atom stereocenters. The van der Waals surface area contributed by atoms with Gasteiger partial charge in [-0.1, -0.05) is 42.0 Å². The van der Waals surface area contributed by atoms with Crippen molar-refractivity contribution in [2.45, 2.75) is 31.5 Å². The number of nitrogens with zero attached hydrogens (tertiary/aromatic N) is 1. The fourth-order valence-electron chi connectivity index (χ4n) is 3.21. The van der Waals surface area contributed by atoms with Gasteiger partial charge in [-0.15, -0.1) is 0 Å². The van der Waals surface area contributed by atoms with Gasteiger partial charge in [0.15, 0.2) is 0 Å². The number of methoxy groups -OCH3 is 1. The van der Waals surface area contributed by atoms with Gasteiger partial charge < -0.3 is 9.47 Å². The zero-order valence-electron chi connectivity index (χ0n) is 12.1. The highest BCUT2D eigenvalue weighted by atomic mass is 16.5. The van der Waals surface area contributed by atoms with Crippen LogP contribution in [0.1, 0.15) is 18.4 Å². The van der Waals surface area contributed by atoms with E-state index in [1.54, 1.807) is 7.11 Å². The Morgan fingerprint density at radius 3 is 2.85 bits per heavy atom. The number of hydrogen-bond donors (Lipinski definition) is 0. The molecule has 3 heteroatoms. The molecule has 0 saturated carbocycles. The highest BCUT2D eigenvalue weighted by Gasteiger charge is 2.34. The van der Waals surface area contributed by atoms with Crippen molar-refractivity contribution in [1.29, 1.82) is 0 Å². The summed E-state index contributed by atoms with van der Waals surface area (Å²) in [7, 11) is 1.77. The minimum atomic E-state index is 0.426. The average Bonchev–Trinajstić information content (AvgIpc) is 2.46. The standard InChI is InChI=1S/C17H23NO2/c1-19-8-7-15-9-16-12-20-13-17(10-15)18(16)11-14-5-3-2-4-6-14/h2-6,9,16-17H,7-8,10-13H2,1H3. The molecule has 0 radical (unpaired) electrons. The van der Waals surface area contributed by atoms with Gasteiger partial charge in [0.2, 0.25) is 0 Å². The van der Waals surface area contributed by atoms with E-state index in [4.69, 9.17) is 9.47 Å². The molecule has 2 bridgehead atoms. The van der Waals surface area contributed by atoms with Gasteiger partial charge in [0.05, 0.1) is 19.3 Å². The lowest BCUT2D eigenvalue weighted by Crippen LogP contribution is -2.53. The largest absolute Gasteiger partial charge is 0.384 e. The van der Waals surface area contributed by atoms with Gasteiger partial charge in [0.25, 0.3) is 0 Å². The van der Waals surface area contributed by atoms with E-state index in [0.717, 1.165) is 39.2 Å². The average molecular weight is 273 g/mol. The third-order valence-corrected chi connectivity index (χ3v) is 4.26. The van der Waals surface area contributed by atoms with E-state index in [1.165, 1.54) is 11.1 Å². The SMILES string of the molecule is COCCC1=CC2COCC(C1)N2Cc1ccccc1. The van der Waals surface area contributed by atoms with Crippen LogP contribution in [0.25, 0.3) is 0 Å². The van der Waals surface area contributed by atoms with Crippen LogP contribution < -0.4 is 0 Å². The third-order valence-electron chi connectivity index (χ3n) is 4.26. The molecule has 1 fully saturated rings. The summed E-state index contributed by atoms with van der Waals surface area (Å²) in [5.41, 5.74) is 2.92. The van der Waals surface area contributed by atoms with E-state index in [-0.39, 0.29) is 0 Å². The summed E-state index contributed by atoms with van der Waals surface area (Å²) in [6.45, 7) is 3.52. The number of hydrogen-bond acceptors (Lipinski definition) is 3. The molecule has 0 amide bonds. The topological polar surface area (TPSA) is 21.7 Å². The van der Waals surface area contributed by atoms with Crippen molar-refractivity contribution in [3.63, 3.8) is 0 Å². The van der Waals surface area contributed by atoms with E-state index in [1.807, 2.05) is 0 Å². The van der Waals surface area contributed by atoms with Crippen molar-refractivity contribution >= 4 is 0 Å². The molecule has 2 aliphatic rings. The Balaban J connectivity index is 1.71. The van der Waals surface area contributed by atoms with Crippen LogP contribution in [0.4, 0.5) is 0 Å². The highest BCUT2D eigenvalue weighted by Crippen LogP contribution is 2.29. The maximum Gasteiger partial charge on any atom is 0.0658 e. The summed E-state index contributed by atoms with van der Waals surface area (Å²) in [6.07, 6.45) is 4.58. The molecule has 0 N–H and O–H groups in total. The number of fused-ring (bicyclic) bond motifs is 2. The zero-order chi connectivity index (χ0) is 13.8. The fraction of sp³-hybridized carbons (Fsp3) is 0.529. The van der Waals surface area contributed by atoms with Crippen LogP contribution in [0.3, 0.4) is 0 Å². The van der Waals surface area contributed by atoms with E-state index in [0.29, 0.717) is 12.1 Å². The molecule has 3 nitrogen and oxygen atoms in total. The van der Waals surface area contributed by atoms with Gasteiger partial charge in [-0.3, -0.25) is 4.90 Å². The van der Waals surface area contributed by atoms with Crippen molar-refractivity contribution in [3.8, 4) is 0 Å². The lowest BCUT2D eigenvalue weighted by molar-refractivity contribution is -0.0445. The lowest BCUT2D eigenvalue weighted by Gasteiger charge is -2.44. The van der Waals surface area contributed by atoms with Gasteiger partial charge in [0.1, 0.15) is 0 Å². The van der Waals surface area contributed by atoms with Crippen LogP contribution in [0, 0.1) is 0 Å². The summed E-state index contributed by atoms with van der Waals surface area (Å²) in [4.78, 5) is 2.59. The fourth-order valence-corrected chi connectivity index (χ4v) is 3.21. The molecule has 20 heavy (non-hydrogen) atoms. The Hall–Kier alpha value is -1.16. The lowest BCUT2D eigenvalue weighted by atomic mass is 9.92. The summed E-state index contributed by atoms with van der Waals surface area (Å²) in [5, 5.41) is 0. The molecule has 0 spiro atoms. The van der Waals surface area contributed by atoms with Gasteiger partial charge in [0, 0.05) is 26.3 Å². The van der Waals surface area contributed by atoms with Crippen LogP contribution in [0.15, 0.2) is 42.0 Å². The molecule has 108 valence electrons. The molecule has 2 unspecified atom stereocenters. The zero-order valence-corrected chi connectivity index (χ0v) is 12.1. The van der Waals surface area contributed by atoms with E-state index < -0.39 is 0 Å². The third kappa shape index (κ3) is 3.11. The van der Waals surface area contributed by atoms with Crippen molar-refractivity contribution in [3.05, 3.63) is 47.5 Å². The van der Waals surface area contributed by atoms with E-state index in [2.05, 4.69) is 41.3 Å². The van der Waals surface area contributed by atoms with Gasteiger partial charge in [-0.25, -0.2) is 0 Å². The Bertz CT molecular complexity index is 457. The first-order valence-corrected chi connectivity index (χ1v) is 7.42. The Morgan fingerprint density at radius 2 is 2.10 bits per heavy atom. The molecule has 1 saturated heterocycles. The molecule has 2 heterocycles. The van der Waals surface area contributed by atoms with Crippen molar-refractivity contribution in [1.82, 2.24) is 4.90 Å². The molecular formula is C17H23NO2. The second-order valence-corrected chi connectivity index (χ2v) is 5.69. The minimum absolute atomic E-state index is 0.426. The summed E-state index contributed by atoms with van der Waals surface area (Å²) < 4.78 is 10.9. The first kappa shape index (κ1) is 13.8. The summed E-state index contributed by atoms with van der Waals surface area (Å²) in [5.74, 6) is 0. The molecule has 0 aliphatic carbocycles. The summed E-state index contributed by atoms with van der Waals surface area (Å²) >= 11 is 0. The van der Waals surface area contributed by atoms with Crippen molar-refractivity contribution in [2.24, 2.45) is 0 Å². The smallest absolute Gasteiger partial charge is 0.0658 e. The Morgan fingerprint density at radius 1 is 1.25 bits per heavy atom. The molecule has 0 aromatic heterocycles. The minimum Gasteiger partial charge on any atom is -0.384 e. The molecule has 3 rings (SSSR count). The molecule has 2 aliphatic heterocycles. The van der Waals surface area contributed by atoms with Crippen molar-refractivity contribution < 1.29 is 9.47 Å². The predicted molar refractivity (Wildman–Crippen MR) is 79.6 cm³/mol. The van der Waals surface area contributed by atoms with Gasteiger partial charge in [-0.2, -0.15) is 0 Å². The quantitative estimate of drug-likeness (QED) is 0.770. The first-order valence-electron chi connectivity index (χ1n) is 7.42. The maximum absolute atomic E-state index is 5.74. The van der Waals surface area contributed by atoms with E-state index >= 15 is 0 Å². The monoisotopic (exact) mass is 273 g/mol. The van der Waals surface area contributed by atoms with Gasteiger partial charge in [-0.05, 0) is 18.4 Å². The number of rotatable bonds is 5. The second kappa shape index (κ2) is 6.53. The molecular weight excluding hydrogens is 250 g/mol. The number of ether oxygens (including phenoxy) is 2. The van der Waals surface area contributed by atoms with Crippen LogP contribution in [-0.2, 0) is 16.0 Å². The van der Waals surface area contributed by atoms with Crippen LogP contribution in [0.2, 0.25) is 0 Å². The number of morpholine rings is 1. The van der Waals surface area contributed by atoms with Crippen LogP contribution >= 0.6 is 0 Å². The van der Waals surface area contributed by atoms with Gasteiger partial charge >= 0.3 is 0 Å². The number of benzene rings is 1. The van der Waals surface area contributed by atoms with Crippen LogP contribution in [0.5, 0.6) is 0 Å². The molecule has 1 aromatic carbocycles. The first-order chi connectivity index (χ1) is 9.86. The summed E-state index contributed by atoms with van der Waals surface area (Å²) in [6, 6.07) is 11.7. The van der Waals surface area contributed by atoms with E-state index in [9.17, 15) is 0 Å². The predicted octanol–water partition coefficient (Wildman–Crippen LogP) is 2.62. The second-order valence-electron chi connectivity index (χ2n) is 5.69. The Labute approximate surface area is 121 Å². The Kier molecular flexibility index (Phi) is 4.51. The normalized spacial score (nSPS) is 26.4. The maximum atomic E-state index is 5.74. The van der Waals surface area contributed by atoms with Crippen LogP contribution in [-0.4, -0.2) is 43.9 Å². The highest BCUT2D eigenvalue weighted by molar-refractivity contribution is 5.20. The molecule has 1 aromatic rings. The van der Waals surface area contributed by atoms with Crippen molar-refractivity contribution in [2.75, 3.05) is 26.9 Å².